The molecule has 0 aromatic heterocycles. The Kier molecular flexibility index (Phi) is 3.42. The van der Waals surface area contributed by atoms with Crippen LogP contribution in [0.5, 0.6) is 0 Å². The van der Waals surface area contributed by atoms with Crippen LogP contribution < -0.4 is 10.2 Å². The Morgan fingerprint density at radius 2 is 2.15 bits per heavy atom. The smallest absolute Gasteiger partial charge is 0.227 e. The van der Waals surface area contributed by atoms with Gasteiger partial charge in [-0.05, 0) is 37.5 Å². The topological polar surface area (TPSA) is 49.4 Å². The summed E-state index contributed by atoms with van der Waals surface area (Å²) in [6.07, 6.45) is 2.40. The van der Waals surface area contributed by atoms with Gasteiger partial charge in [0.25, 0.3) is 0 Å². The molecule has 5 heteroatoms. The number of aryl methyl sites for hydroxylation is 1. The summed E-state index contributed by atoms with van der Waals surface area (Å²) in [6, 6.07) is 5.89. The number of carbonyl (C=O) groups excluding carboxylic acids is 2. The molecule has 0 radical (unpaired) electrons. The highest BCUT2D eigenvalue weighted by atomic mass is 35.5. The quantitative estimate of drug-likeness (QED) is 0.929. The summed E-state index contributed by atoms with van der Waals surface area (Å²) in [4.78, 5) is 25.8. The second-order valence-electron chi connectivity index (χ2n) is 5.62. The molecule has 0 spiro atoms. The molecule has 1 aromatic rings. The number of hydrogen-bond donors (Lipinski definition) is 1. The third-order valence-corrected chi connectivity index (χ3v) is 4.29. The van der Waals surface area contributed by atoms with Crippen molar-refractivity contribution in [3.05, 3.63) is 28.8 Å². The summed E-state index contributed by atoms with van der Waals surface area (Å²) in [5, 5.41) is 3.60. The molecule has 0 bridgehead atoms. The fraction of sp³-hybridized carbons (Fsp3) is 0.467. The normalized spacial score (nSPS) is 22.2. The Labute approximate surface area is 123 Å². The average molecular weight is 293 g/mol. The minimum Gasteiger partial charge on any atom is -0.353 e. The maximum atomic E-state index is 12.1. The molecule has 2 aliphatic rings. The lowest BCUT2D eigenvalue weighted by Crippen LogP contribution is -2.34. The van der Waals surface area contributed by atoms with Crippen LogP contribution in [0.25, 0.3) is 0 Å². The summed E-state index contributed by atoms with van der Waals surface area (Å²) >= 11 is 6.10. The number of nitrogens with zero attached hydrogens (tertiary/aromatic N) is 1. The lowest BCUT2D eigenvalue weighted by atomic mass is 10.1. The SMILES string of the molecule is Cc1ccc(N2C[C@H](C(=O)NC3CC3)CC2=O)cc1Cl. The van der Waals surface area contributed by atoms with E-state index < -0.39 is 0 Å². The number of rotatable bonds is 3. The van der Waals surface area contributed by atoms with Gasteiger partial charge in [-0.3, -0.25) is 9.59 Å². The summed E-state index contributed by atoms with van der Waals surface area (Å²) in [5.74, 6) is -0.259. The van der Waals surface area contributed by atoms with Crippen molar-refractivity contribution in [3.63, 3.8) is 0 Å². The van der Waals surface area contributed by atoms with Gasteiger partial charge in [-0.25, -0.2) is 0 Å². The summed E-state index contributed by atoms with van der Waals surface area (Å²) in [6.45, 7) is 2.36. The Morgan fingerprint density at radius 1 is 1.40 bits per heavy atom. The van der Waals surface area contributed by atoms with Gasteiger partial charge in [-0.1, -0.05) is 17.7 Å². The largest absolute Gasteiger partial charge is 0.353 e. The van der Waals surface area contributed by atoms with Gasteiger partial charge < -0.3 is 10.2 Å². The van der Waals surface area contributed by atoms with Crippen LogP contribution in [-0.2, 0) is 9.59 Å². The fourth-order valence-electron chi connectivity index (χ4n) is 2.43. The monoisotopic (exact) mass is 292 g/mol. The van der Waals surface area contributed by atoms with Crippen molar-refractivity contribution in [1.29, 1.82) is 0 Å². The Hall–Kier alpha value is -1.55. The molecule has 1 aromatic carbocycles. The van der Waals surface area contributed by atoms with Crippen molar-refractivity contribution in [1.82, 2.24) is 5.32 Å². The molecule has 1 N–H and O–H groups in total. The van der Waals surface area contributed by atoms with Gasteiger partial charge in [-0.15, -0.1) is 0 Å². The molecule has 1 saturated carbocycles. The Morgan fingerprint density at radius 3 is 2.80 bits per heavy atom. The molecule has 3 rings (SSSR count). The highest BCUT2D eigenvalue weighted by Crippen LogP contribution is 2.29. The molecule has 20 heavy (non-hydrogen) atoms. The molecule has 2 amide bonds. The number of nitrogens with one attached hydrogen (secondary N) is 1. The van der Waals surface area contributed by atoms with Crippen LogP contribution in [0, 0.1) is 12.8 Å². The Bertz CT molecular complexity index is 569. The molecule has 4 nitrogen and oxygen atoms in total. The van der Waals surface area contributed by atoms with E-state index in [4.69, 9.17) is 11.6 Å². The first-order valence-electron chi connectivity index (χ1n) is 6.91. The van der Waals surface area contributed by atoms with Crippen molar-refractivity contribution in [2.24, 2.45) is 5.92 Å². The zero-order valence-corrected chi connectivity index (χ0v) is 12.1. The average Bonchev–Trinajstić information content (AvgIpc) is 3.13. The van der Waals surface area contributed by atoms with Crippen molar-refractivity contribution < 1.29 is 9.59 Å². The predicted molar refractivity (Wildman–Crippen MR) is 77.8 cm³/mol. The number of carbonyl (C=O) groups is 2. The van der Waals surface area contributed by atoms with Crippen LogP contribution in [0.2, 0.25) is 5.02 Å². The highest BCUT2D eigenvalue weighted by molar-refractivity contribution is 6.31. The van der Waals surface area contributed by atoms with E-state index in [2.05, 4.69) is 5.32 Å². The van der Waals surface area contributed by atoms with Crippen LogP contribution in [0.15, 0.2) is 18.2 Å². The third kappa shape index (κ3) is 2.66. The standard InChI is InChI=1S/C15H17ClN2O2/c1-9-2-5-12(7-13(9)16)18-8-10(6-14(18)19)15(20)17-11-3-4-11/h2,5,7,10-11H,3-4,6,8H2,1H3,(H,17,20)/t10-/m1/s1. The van der Waals surface area contributed by atoms with E-state index in [0.29, 0.717) is 17.6 Å². The van der Waals surface area contributed by atoms with E-state index in [1.807, 2.05) is 19.1 Å². The molecule has 2 fully saturated rings. The van der Waals surface area contributed by atoms with E-state index in [1.165, 1.54) is 0 Å². The third-order valence-electron chi connectivity index (χ3n) is 3.89. The molecule has 1 heterocycles. The first kappa shape index (κ1) is 13.4. The van der Waals surface area contributed by atoms with Gasteiger partial charge >= 0.3 is 0 Å². The number of hydrogen-bond acceptors (Lipinski definition) is 2. The van der Waals surface area contributed by atoms with Crippen LogP contribution in [-0.4, -0.2) is 24.4 Å². The Balaban J connectivity index is 1.72. The van der Waals surface area contributed by atoms with Crippen molar-refractivity contribution >= 4 is 29.1 Å². The number of benzene rings is 1. The maximum Gasteiger partial charge on any atom is 0.227 e. The van der Waals surface area contributed by atoms with Crippen LogP contribution in [0.3, 0.4) is 0 Å². The molecular weight excluding hydrogens is 276 g/mol. The van der Waals surface area contributed by atoms with Gasteiger partial charge in [0.05, 0.1) is 5.92 Å². The molecular formula is C15H17ClN2O2. The predicted octanol–water partition coefficient (Wildman–Crippen LogP) is 2.28. The van der Waals surface area contributed by atoms with Gasteiger partial charge in [-0.2, -0.15) is 0 Å². The lowest BCUT2D eigenvalue weighted by molar-refractivity contribution is -0.126. The fourth-order valence-corrected chi connectivity index (χ4v) is 2.60. The van der Waals surface area contributed by atoms with E-state index in [1.54, 1.807) is 11.0 Å². The number of anilines is 1. The van der Waals surface area contributed by atoms with E-state index in [0.717, 1.165) is 24.1 Å². The molecule has 1 saturated heterocycles. The molecule has 1 aliphatic carbocycles. The van der Waals surface area contributed by atoms with Gasteiger partial charge in [0.2, 0.25) is 11.8 Å². The highest BCUT2D eigenvalue weighted by Gasteiger charge is 2.37. The number of halogens is 1. The van der Waals surface area contributed by atoms with E-state index >= 15 is 0 Å². The molecule has 106 valence electrons. The van der Waals surface area contributed by atoms with Gasteiger partial charge in [0.15, 0.2) is 0 Å². The molecule has 1 aliphatic heterocycles. The molecule has 1 atom stereocenters. The first-order valence-corrected chi connectivity index (χ1v) is 7.29. The maximum absolute atomic E-state index is 12.1. The minimum absolute atomic E-state index is 0.00144. The summed E-state index contributed by atoms with van der Waals surface area (Å²) in [7, 11) is 0. The van der Waals surface area contributed by atoms with Gasteiger partial charge in [0, 0.05) is 29.7 Å². The number of amides is 2. The van der Waals surface area contributed by atoms with E-state index in [9.17, 15) is 9.59 Å². The van der Waals surface area contributed by atoms with Crippen molar-refractivity contribution in [2.45, 2.75) is 32.2 Å². The first-order chi connectivity index (χ1) is 9.54. The molecule has 0 unspecified atom stereocenters. The van der Waals surface area contributed by atoms with Gasteiger partial charge in [0.1, 0.15) is 0 Å². The van der Waals surface area contributed by atoms with E-state index in [-0.39, 0.29) is 24.2 Å². The zero-order valence-electron chi connectivity index (χ0n) is 11.4. The van der Waals surface area contributed by atoms with Crippen LogP contribution in [0.4, 0.5) is 5.69 Å². The van der Waals surface area contributed by atoms with Crippen LogP contribution in [0.1, 0.15) is 24.8 Å². The second-order valence-corrected chi connectivity index (χ2v) is 6.03. The zero-order chi connectivity index (χ0) is 14.3. The van der Waals surface area contributed by atoms with Crippen molar-refractivity contribution in [2.75, 3.05) is 11.4 Å². The minimum atomic E-state index is -0.247. The van der Waals surface area contributed by atoms with Crippen molar-refractivity contribution in [3.8, 4) is 0 Å². The summed E-state index contributed by atoms with van der Waals surface area (Å²) < 4.78 is 0. The summed E-state index contributed by atoms with van der Waals surface area (Å²) in [5.41, 5.74) is 1.75. The second kappa shape index (κ2) is 5.09. The lowest BCUT2D eigenvalue weighted by Gasteiger charge is -2.17. The van der Waals surface area contributed by atoms with Crippen LogP contribution >= 0.6 is 11.6 Å².